The molecular formula is C15H13N3O. The Morgan fingerprint density at radius 3 is 3.11 bits per heavy atom. The second-order valence-electron chi connectivity index (χ2n) is 5.06. The number of allylic oxidation sites excluding steroid dienone is 6. The Morgan fingerprint density at radius 2 is 2.32 bits per heavy atom. The molecule has 19 heavy (non-hydrogen) atoms. The Hall–Kier alpha value is -2.36. The number of hydrogen-bond donors (Lipinski definition) is 1. The van der Waals surface area contributed by atoms with Gasteiger partial charge in [-0.1, -0.05) is 6.08 Å². The summed E-state index contributed by atoms with van der Waals surface area (Å²) in [4.78, 5) is 12.2. The third-order valence-corrected chi connectivity index (χ3v) is 3.71. The summed E-state index contributed by atoms with van der Waals surface area (Å²) in [5.74, 6) is -0.0225. The zero-order valence-corrected chi connectivity index (χ0v) is 10.6. The Bertz CT molecular complexity index is 728. The van der Waals surface area contributed by atoms with Crippen LogP contribution >= 0.6 is 0 Å². The van der Waals surface area contributed by atoms with Crippen molar-refractivity contribution >= 4 is 5.91 Å². The maximum atomic E-state index is 12.2. The fourth-order valence-corrected chi connectivity index (χ4v) is 2.66. The summed E-state index contributed by atoms with van der Waals surface area (Å²) in [5, 5.41) is 7.16. The zero-order chi connectivity index (χ0) is 13.0. The molecule has 0 aromatic carbocycles. The number of nitrogens with zero attached hydrogens (tertiary/aromatic N) is 2. The number of amides is 1. The van der Waals surface area contributed by atoms with E-state index in [9.17, 15) is 4.79 Å². The van der Waals surface area contributed by atoms with Crippen LogP contribution in [0.2, 0.25) is 0 Å². The minimum Gasteiger partial charge on any atom is -0.346 e. The Labute approximate surface area is 110 Å². The minimum absolute atomic E-state index is 0.0225. The molecule has 0 aliphatic heterocycles. The van der Waals surface area contributed by atoms with Crippen molar-refractivity contribution in [1.29, 1.82) is 0 Å². The first-order valence-electron chi connectivity index (χ1n) is 6.36. The van der Waals surface area contributed by atoms with Crippen LogP contribution < -0.4 is 5.32 Å². The summed E-state index contributed by atoms with van der Waals surface area (Å²) >= 11 is 0. The van der Waals surface area contributed by atoms with Gasteiger partial charge in [-0.05, 0) is 46.9 Å². The van der Waals surface area contributed by atoms with Crippen LogP contribution in [0.15, 0.2) is 58.4 Å². The molecule has 1 amide bonds. The first kappa shape index (κ1) is 10.6. The lowest BCUT2D eigenvalue weighted by Crippen LogP contribution is -2.24. The highest BCUT2D eigenvalue weighted by Crippen LogP contribution is 2.51. The smallest absolute Gasteiger partial charge is 0.252 e. The van der Waals surface area contributed by atoms with E-state index in [1.807, 2.05) is 25.4 Å². The molecule has 0 unspecified atom stereocenters. The lowest BCUT2D eigenvalue weighted by molar-refractivity contribution is -0.117. The third-order valence-electron chi connectivity index (χ3n) is 3.71. The van der Waals surface area contributed by atoms with Gasteiger partial charge in [0.2, 0.25) is 0 Å². The molecule has 4 nitrogen and oxygen atoms in total. The van der Waals surface area contributed by atoms with E-state index in [0.29, 0.717) is 6.54 Å². The SMILES string of the molecule is Cn1ccc(CNC(=O)C2=C3C=C4CC4=C3C=C2)n1. The van der Waals surface area contributed by atoms with Crippen LogP contribution in [-0.2, 0) is 18.4 Å². The van der Waals surface area contributed by atoms with E-state index in [2.05, 4.69) is 22.6 Å². The summed E-state index contributed by atoms with van der Waals surface area (Å²) in [6.45, 7) is 0.465. The lowest BCUT2D eigenvalue weighted by Gasteiger charge is -2.04. The molecule has 1 fully saturated rings. The minimum atomic E-state index is -0.0225. The van der Waals surface area contributed by atoms with E-state index in [0.717, 1.165) is 23.3 Å². The second kappa shape index (κ2) is 3.57. The average molecular weight is 251 g/mol. The van der Waals surface area contributed by atoms with E-state index < -0.39 is 0 Å². The van der Waals surface area contributed by atoms with Crippen molar-refractivity contribution in [2.24, 2.45) is 7.05 Å². The fraction of sp³-hybridized carbons (Fsp3) is 0.200. The van der Waals surface area contributed by atoms with Crippen molar-refractivity contribution in [3.63, 3.8) is 0 Å². The molecule has 0 bridgehead atoms. The van der Waals surface area contributed by atoms with Crippen LogP contribution in [0.4, 0.5) is 0 Å². The number of aromatic nitrogens is 2. The van der Waals surface area contributed by atoms with Crippen molar-refractivity contribution in [1.82, 2.24) is 15.1 Å². The van der Waals surface area contributed by atoms with E-state index in [1.165, 1.54) is 16.7 Å². The van der Waals surface area contributed by atoms with Crippen molar-refractivity contribution in [3.8, 4) is 0 Å². The van der Waals surface area contributed by atoms with Gasteiger partial charge in [0.15, 0.2) is 0 Å². The van der Waals surface area contributed by atoms with Crippen LogP contribution in [-0.4, -0.2) is 15.7 Å². The molecule has 1 aromatic heterocycles. The molecule has 4 rings (SSSR count). The third kappa shape index (κ3) is 1.60. The van der Waals surface area contributed by atoms with Crippen molar-refractivity contribution < 1.29 is 4.79 Å². The summed E-state index contributed by atoms with van der Waals surface area (Å²) in [6, 6.07) is 1.91. The Morgan fingerprint density at radius 1 is 1.42 bits per heavy atom. The molecule has 3 aliphatic carbocycles. The van der Waals surface area contributed by atoms with Crippen molar-refractivity contribution in [2.75, 3.05) is 0 Å². The van der Waals surface area contributed by atoms with Gasteiger partial charge >= 0.3 is 0 Å². The van der Waals surface area contributed by atoms with Crippen molar-refractivity contribution in [2.45, 2.75) is 13.0 Å². The van der Waals surface area contributed by atoms with Gasteiger partial charge in [-0.2, -0.15) is 5.10 Å². The van der Waals surface area contributed by atoms with Crippen LogP contribution in [0.25, 0.3) is 0 Å². The predicted octanol–water partition coefficient (Wildman–Crippen LogP) is 1.54. The molecule has 1 aromatic rings. The number of nitrogens with one attached hydrogen (secondary N) is 1. The molecule has 1 heterocycles. The molecule has 0 spiro atoms. The number of carbonyl (C=O) groups excluding carboxylic acids is 1. The van der Waals surface area contributed by atoms with E-state index >= 15 is 0 Å². The van der Waals surface area contributed by atoms with Crippen molar-refractivity contribution in [3.05, 3.63) is 64.1 Å². The first-order valence-corrected chi connectivity index (χ1v) is 6.36. The number of hydrogen-bond acceptors (Lipinski definition) is 2. The van der Waals surface area contributed by atoms with E-state index in [1.54, 1.807) is 4.68 Å². The quantitative estimate of drug-likeness (QED) is 0.885. The summed E-state index contributed by atoms with van der Waals surface area (Å²) in [6.07, 6.45) is 9.08. The number of rotatable bonds is 3. The zero-order valence-electron chi connectivity index (χ0n) is 10.6. The molecule has 1 saturated carbocycles. The maximum Gasteiger partial charge on any atom is 0.252 e. The second-order valence-corrected chi connectivity index (χ2v) is 5.06. The standard InChI is InChI=1S/C15H13N3O/c1-18-5-4-10(17-18)8-16-15(19)12-3-2-11-13-6-9(13)7-14(11)12/h2-5,7H,6,8H2,1H3,(H,16,19). The van der Waals surface area contributed by atoms with Gasteiger partial charge in [-0.3, -0.25) is 9.48 Å². The highest BCUT2D eigenvalue weighted by molar-refractivity contribution is 6.01. The molecule has 3 aliphatic rings. The molecule has 1 N–H and O–H groups in total. The topological polar surface area (TPSA) is 46.9 Å². The summed E-state index contributed by atoms with van der Waals surface area (Å²) in [7, 11) is 1.87. The lowest BCUT2D eigenvalue weighted by atomic mass is 10.1. The van der Waals surface area contributed by atoms with Crippen LogP contribution in [0.5, 0.6) is 0 Å². The first-order chi connectivity index (χ1) is 9.22. The largest absolute Gasteiger partial charge is 0.346 e. The van der Waals surface area contributed by atoms with Gasteiger partial charge in [0.25, 0.3) is 5.91 Å². The summed E-state index contributed by atoms with van der Waals surface area (Å²) in [5.41, 5.74) is 6.80. The Kier molecular flexibility index (Phi) is 1.98. The highest BCUT2D eigenvalue weighted by Gasteiger charge is 2.35. The van der Waals surface area contributed by atoms with Crippen LogP contribution in [0.3, 0.4) is 0 Å². The number of carbonyl (C=O) groups is 1. The van der Waals surface area contributed by atoms with Crippen LogP contribution in [0.1, 0.15) is 12.1 Å². The van der Waals surface area contributed by atoms with Gasteiger partial charge in [0.1, 0.15) is 0 Å². The molecule has 0 saturated heterocycles. The molecule has 94 valence electrons. The van der Waals surface area contributed by atoms with E-state index in [-0.39, 0.29) is 5.91 Å². The van der Waals surface area contributed by atoms with Gasteiger partial charge < -0.3 is 5.32 Å². The summed E-state index contributed by atoms with van der Waals surface area (Å²) < 4.78 is 1.73. The fourth-order valence-electron chi connectivity index (χ4n) is 2.66. The molecular weight excluding hydrogens is 238 g/mol. The monoisotopic (exact) mass is 251 g/mol. The van der Waals surface area contributed by atoms with Gasteiger partial charge in [0, 0.05) is 18.8 Å². The molecule has 0 radical (unpaired) electrons. The molecule has 0 atom stereocenters. The average Bonchev–Trinajstić information content (AvgIpc) is 2.78. The highest BCUT2D eigenvalue weighted by atomic mass is 16.1. The van der Waals surface area contributed by atoms with E-state index in [4.69, 9.17) is 0 Å². The Balaban J connectivity index is 1.51. The molecule has 4 heteroatoms. The normalized spacial score (nSPS) is 18.7. The van der Waals surface area contributed by atoms with Gasteiger partial charge in [-0.25, -0.2) is 0 Å². The van der Waals surface area contributed by atoms with Gasteiger partial charge in [-0.15, -0.1) is 0 Å². The number of fused-ring (bicyclic) bond motifs is 2. The number of aryl methyl sites for hydroxylation is 1. The van der Waals surface area contributed by atoms with Gasteiger partial charge in [0.05, 0.1) is 12.2 Å². The van der Waals surface area contributed by atoms with Crippen LogP contribution in [0, 0.1) is 0 Å². The predicted molar refractivity (Wildman–Crippen MR) is 70.9 cm³/mol. The maximum absolute atomic E-state index is 12.2.